The highest BCUT2D eigenvalue weighted by Gasteiger charge is 2.26. The highest BCUT2D eigenvalue weighted by molar-refractivity contribution is 7.80. The number of rotatable bonds is 2. The van der Waals surface area contributed by atoms with Gasteiger partial charge in [0.2, 0.25) is 5.91 Å². The van der Waals surface area contributed by atoms with Crippen LogP contribution in [0.2, 0.25) is 0 Å². The van der Waals surface area contributed by atoms with Crippen molar-refractivity contribution in [2.45, 2.75) is 64.2 Å². The zero-order valence-corrected chi connectivity index (χ0v) is 17.4. The zero-order valence-electron chi connectivity index (χ0n) is 16.6. The van der Waals surface area contributed by atoms with Crippen LogP contribution in [-0.2, 0) is 17.6 Å². The second kappa shape index (κ2) is 8.78. The second-order valence-electron chi connectivity index (χ2n) is 7.69. The largest absolute Gasteiger partial charge is 0.393 e. The molecule has 4 rings (SSSR count). The van der Waals surface area contributed by atoms with Crippen molar-refractivity contribution >= 4 is 23.1 Å². The fourth-order valence-corrected chi connectivity index (χ4v) is 4.29. The van der Waals surface area contributed by atoms with Gasteiger partial charge >= 0.3 is 0 Å². The number of hydrogen-bond acceptors (Lipinski definition) is 4. The molecule has 6 heteroatoms. The van der Waals surface area contributed by atoms with Crippen molar-refractivity contribution in [1.82, 2.24) is 9.97 Å². The van der Waals surface area contributed by atoms with Crippen molar-refractivity contribution in [1.29, 1.82) is 0 Å². The average molecular weight is 397 g/mol. The normalized spacial score (nSPS) is 20.2. The lowest BCUT2D eigenvalue weighted by Gasteiger charge is -2.23. The summed E-state index contributed by atoms with van der Waals surface area (Å²) in [5, 5.41) is 0. The SMILES string of the molecule is Cc1ccc2c(n1)C(C(N)=O)CCC2.Cc1ccc2c(n1)C(C(N)=S)CCC2. The molecule has 0 radical (unpaired) electrons. The van der Waals surface area contributed by atoms with Crippen molar-refractivity contribution < 1.29 is 4.79 Å². The summed E-state index contributed by atoms with van der Waals surface area (Å²) in [6.45, 7) is 3.94. The minimum atomic E-state index is -0.246. The van der Waals surface area contributed by atoms with E-state index < -0.39 is 0 Å². The lowest BCUT2D eigenvalue weighted by atomic mass is 9.86. The van der Waals surface area contributed by atoms with E-state index in [9.17, 15) is 4.79 Å². The maximum absolute atomic E-state index is 11.2. The van der Waals surface area contributed by atoms with Gasteiger partial charge in [-0.1, -0.05) is 24.4 Å². The van der Waals surface area contributed by atoms with E-state index in [0.717, 1.165) is 54.9 Å². The number of carbonyl (C=O) groups excluding carboxylic acids is 1. The smallest absolute Gasteiger partial charge is 0.226 e. The number of nitrogens with zero attached hydrogens (tertiary/aromatic N) is 2. The van der Waals surface area contributed by atoms with E-state index in [4.69, 9.17) is 23.7 Å². The summed E-state index contributed by atoms with van der Waals surface area (Å²) in [5.74, 6) is -0.212. The Hall–Kier alpha value is -2.34. The number of carbonyl (C=O) groups is 1. The quantitative estimate of drug-likeness (QED) is 0.759. The van der Waals surface area contributed by atoms with Crippen LogP contribution in [0.15, 0.2) is 24.3 Å². The molecule has 28 heavy (non-hydrogen) atoms. The summed E-state index contributed by atoms with van der Waals surface area (Å²) in [4.78, 5) is 20.8. The molecule has 2 aromatic rings. The molecule has 0 bridgehead atoms. The number of pyridine rings is 2. The van der Waals surface area contributed by atoms with Gasteiger partial charge in [-0.3, -0.25) is 14.8 Å². The summed E-state index contributed by atoms with van der Waals surface area (Å²) in [5.41, 5.74) is 17.6. The van der Waals surface area contributed by atoms with Gasteiger partial charge < -0.3 is 11.5 Å². The number of amides is 1. The van der Waals surface area contributed by atoms with Crippen LogP contribution < -0.4 is 11.5 Å². The molecule has 0 aliphatic heterocycles. The molecule has 0 spiro atoms. The van der Waals surface area contributed by atoms with Gasteiger partial charge in [0.15, 0.2) is 0 Å². The second-order valence-corrected chi connectivity index (χ2v) is 8.16. The molecule has 0 saturated heterocycles. The Morgan fingerprint density at radius 1 is 0.893 bits per heavy atom. The predicted octanol–water partition coefficient (Wildman–Crippen LogP) is 3.39. The Morgan fingerprint density at radius 2 is 1.36 bits per heavy atom. The Kier molecular flexibility index (Phi) is 6.39. The topological polar surface area (TPSA) is 94.9 Å². The summed E-state index contributed by atoms with van der Waals surface area (Å²) in [6, 6.07) is 8.26. The van der Waals surface area contributed by atoms with Gasteiger partial charge in [-0.25, -0.2) is 0 Å². The van der Waals surface area contributed by atoms with Gasteiger partial charge in [0, 0.05) is 11.4 Å². The molecule has 0 aromatic carbocycles. The van der Waals surface area contributed by atoms with Gasteiger partial charge in [0.1, 0.15) is 0 Å². The molecule has 2 aromatic heterocycles. The fraction of sp³-hybridized carbons (Fsp3) is 0.455. The van der Waals surface area contributed by atoms with E-state index in [0.29, 0.717) is 4.99 Å². The first-order chi connectivity index (χ1) is 13.4. The summed E-state index contributed by atoms with van der Waals surface area (Å²) >= 11 is 5.07. The van der Waals surface area contributed by atoms with Crippen molar-refractivity contribution in [3.05, 3.63) is 58.2 Å². The third kappa shape index (κ3) is 4.55. The molecule has 0 saturated carbocycles. The Labute approximate surface area is 172 Å². The molecule has 5 nitrogen and oxygen atoms in total. The minimum Gasteiger partial charge on any atom is -0.393 e. The van der Waals surface area contributed by atoms with Gasteiger partial charge in [-0.05, 0) is 75.6 Å². The van der Waals surface area contributed by atoms with E-state index in [1.807, 2.05) is 19.9 Å². The van der Waals surface area contributed by atoms with Crippen LogP contribution in [0.5, 0.6) is 0 Å². The molecule has 4 N–H and O–H groups in total. The van der Waals surface area contributed by atoms with Crippen molar-refractivity contribution in [3.8, 4) is 0 Å². The molecule has 1 amide bonds. The molecule has 2 unspecified atom stereocenters. The highest BCUT2D eigenvalue weighted by atomic mass is 32.1. The molecular formula is C22H28N4OS. The Balaban J connectivity index is 0.000000161. The summed E-state index contributed by atoms with van der Waals surface area (Å²) in [6.07, 6.45) is 6.23. The number of hydrogen-bond donors (Lipinski definition) is 2. The first-order valence-electron chi connectivity index (χ1n) is 9.88. The molecule has 0 fully saturated rings. The first-order valence-corrected chi connectivity index (χ1v) is 10.3. The van der Waals surface area contributed by atoms with Crippen LogP contribution in [0.25, 0.3) is 0 Å². The van der Waals surface area contributed by atoms with Crippen molar-refractivity contribution in [2.75, 3.05) is 0 Å². The number of primary amides is 1. The van der Waals surface area contributed by atoms with Gasteiger partial charge in [-0.2, -0.15) is 0 Å². The minimum absolute atomic E-state index is 0.168. The average Bonchev–Trinajstić information content (AvgIpc) is 2.67. The van der Waals surface area contributed by atoms with Gasteiger partial charge in [0.25, 0.3) is 0 Å². The Bertz CT molecular complexity index is 823. The van der Waals surface area contributed by atoms with Crippen LogP contribution in [0.4, 0.5) is 0 Å². The van der Waals surface area contributed by atoms with Crippen LogP contribution in [0, 0.1) is 13.8 Å². The van der Waals surface area contributed by atoms with Gasteiger partial charge in [0.05, 0.1) is 28.2 Å². The zero-order chi connectivity index (χ0) is 20.3. The van der Waals surface area contributed by atoms with Crippen molar-refractivity contribution in [2.24, 2.45) is 11.5 Å². The van der Waals surface area contributed by atoms with E-state index >= 15 is 0 Å². The van der Waals surface area contributed by atoms with E-state index in [-0.39, 0.29) is 17.7 Å². The first kappa shape index (κ1) is 20.4. The standard InChI is InChI=1S/C11H14N2O.C11H14N2S/c2*1-7-5-6-8-3-2-4-9(11(12)14)10(8)13-7/h2*5-6,9H,2-4H2,1H3,(H2,12,14). The lowest BCUT2D eigenvalue weighted by molar-refractivity contribution is -0.119. The maximum atomic E-state index is 11.2. The summed E-state index contributed by atoms with van der Waals surface area (Å²) in [7, 11) is 0. The Morgan fingerprint density at radius 3 is 1.82 bits per heavy atom. The molecule has 2 heterocycles. The van der Waals surface area contributed by atoms with Crippen molar-refractivity contribution in [3.63, 3.8) is 0 Å². The van der Waals surface area contributed by atoms with E-state index in [1.165, 1.54) is 17.5 Å². The highest BCUT2D eigenvalue weighted by Crippen LogP contribution is 2.31. The van der Waals surface area contributed by atoms with Gasteiger partial charge in [-0.15, -0.1) is 0 Å². The third-order valence-electron chi connectivity index (χ3n) is 5.53. The molecule has 2 atom stereocenters. The van der Waals surface area contributed by atoms with Crippen LogP contribution in [0.1, 0.15) is 71.4 Å². The molecule has 2 aliphatic carbocycles. The number of thiocarbonyl (C=S) groups is 1. The lowest BCUT2D eigenvalue weighted by Crippen LogP contribution is -2.26. The molecule has 148 valence electrons. The number of nitrogens with two attached hydrogens (primary N) is 2. The molecular weight excluding hydrogens is 368 g/mol. The van der Waals surface area contributed by atoms with E-state index in [2.05, 4.69) is 28.2 Å². The number of aromatic nitrogens is 2. The van der Waals surface area contributed by atoms with E-state index in [1.54, 1.807) is 0 Å². The summed E-state index contributed by atoms with van der Waals surface area (Å²) < 4.78 is 0. The van der Waals surface area contributed by atoms with Crippen LogP contribution in [-0.4, -0.2) is 20.9 Å². The monoisotopic (exact) mass is 396 g/mol. The maximum Gasteiger partial charge on any atom is 0.226 e. The third-order valence-corrected chi connectivity index (χ3v) is 5.81. The number of fused-ring (bicyclic) bond motifs is 2. The fourth-order valence-electron chi connectivity index (χ4n) is 4.06. The van der Waals surface area contributed by atoms with Crippen LogP contribution >= 0.6 is 12.2 Å². The molecule has 2 aliphatic rings. The van der Waals surface area contributed by atoms with Crippen LogP contribution in [0.3, 0.4) is 0 Å². The number of aryl methyl sites for hydroxylation is 4. The predicted molar refractivity (Wildman–Crippen MR) is 115 cm³/mol.